The molecule has 24 heavy (non-hydrogen) atoms. The highest BCUT2D eigenvalue weighted by Gasteiger charge is 2.33. The predicted molar refractivity (Wildman–Crippen MR) is 95.6 cm³/mol. The molecular weight excluding hydrogens is 348 g/mol. The van der Waals surface area contributed by atoms with Gasteiger partial charge in [-0.15, -0.1) is 0 Å². The van der Waals surface area contributed by atoms with Crippen LogP contribution in [0.5, 0.6) is 0 Å². The molecule has 0 spiro atoms. The van der Waals surface area contributed by atoms with Crippen LogP contribution in [0, 0.1) is 12.8 Å². The maximum atomic E-state index is 12.8. The van der Waals surface area contributed by atoms with Crippen molar-refractivity contribution in [1.82, 2.24) is 9.62 Å². The summed E-state index contributed by atoms with van der Waals surface area (Å²) in [5.41, 5.74) is 0.833. The third-order valence-electron chi connectivity index (χ3n) is 4.54. The van der Waals surface area contributed by atoms with Gasteiger partial charge in [-0.3, -0.25) is 4.79 Å². The Kier molecular flexibility index (Phi) is 6.28. The van der Waals surface area contributed by atoms with Gasteiger partial charge < -0.3 is 5.32 Å². The zero-order chi connectivity index (χ0) is 17.9. The van der Waals surface area contributed by atoms with Crippen LogP contribution in [0.4, 0.5) is 0 Å². The molecule has 1 aromatic rings. The largest absolute Gasteiger partial charge is 0.353 e. The summed E-state index contributed by atoms with van der Waals surface area (Å²) in [5.74, 6) is -0.366. The Morgan fingerprint density at radius 3 is 2.79 bits per heavy atom. The molecule has 1 fully saturated rings. The van der Waals surface area contributed by atoms with Crippen molar-refractivity contribution >= 4 is 27.5 Å². The first kappa shape index (κ1) is 19.2. The number of rotatable bonds is 5. The van der Waals surface area contributed by atoms with E-state index in [4.69, 9.17) is 11.6 Å². The fraction of sp³-hybridized carbons (Fsp3) is 0.588. The van der Waals surface area contributed by atoms with Gasteiger partial charge in [0.15, 0.2) is 0 Å². The summed E-state index contributed by atoms with van der Waals surface area (Å²) in [6, 6.07) is 4.85. The SMILES string of the molecule is CC[C@H](C)NC(=O)[C@@H]1CCCN(S(=O)(=O)c2ccc(C)c(Cl)c2)C1. The Hall–Kier alpha value is -1.11. The van der Waals surface area contributed by atoms with E-state index in [1.807, 2.05) is 20.8 Å². The highest BCUT2D eigenvalue weighted by atomic mass is 35.5. The zero-order valence-corrected chi connectivity index (χ0v) is 16.0. The summed E-state index contributed by atoms with van der Waals surface area (Å²) >= 11 is 6.06. The molecule has 0 aromatic heterocycles. The number of halogens is 1. The lowest BCUT2D eigenvalue weighted by Crippen LogP contribution is -2.47. The molecule has 0 bridgehead atoms. The first-order valence-corrected chi connectivity index (χ1v) is 10.1. The Morgan fingerprint density at radius 2 is 2.17 bits per heavy atom. The van der Waals surface area contributed by atoms with Crippen LogP contribution in [0.1, 0.15) is 38.7 Å². The molecule has 134 valence electrons. The van der Waals surface area contributed by atoms with E-state index in [9.17, 15) is 13.2 Å². The number of hydrogen-bond donors (Lipinski definition) is 1. The van der Waals surface area contributed by atoms with Gasteiger partial charge in [0.05, 0.1) is 10.8 Å². The number of amides is 1. The number of nitrogens with zero attached hydrogens (tertiary/aromatic N) is 1. The Bertz CT molecular complexity index is 706. The molecule has 1 amide bonds. The molecule has 1 aromatic carbocycles. The standard InChI is InChI=1S/C17H25ClN2O3S/c1-4-13(3)19-17(21)14-6-5-9-20(11-14)24(22,23)15-8-7-12(2)16(18)10-15/h7-8,10,13-14H,4-6,9,11H2,1-3H3,(H,19,21)/t13-,14+/m0/s1. The minimum atomic E-state index is -3.63. The number of piperidine rings is 1. The molecule has 1 heterocycles. The van der Waals surface area contributed by atoms with Gasteiger partial charge in [-0.25, -0.2) is 8.42 Å². The molecule has 1 aliphatic rings. The average Bonchev–Trinajstić information content (AvgIpc) is 2.57. The quantitative estimate of drug-likeness (QED) is 0.864. The molecule has 0 unspecified atom stereocenters. The lowest BCUT2D eigenvalue weighted by molar-refractivity contribution is -0.126. The summed E-state index contributed by atoms with van der Waals surface area (Å²) in [6.07, 6.45) is 2.24. The van der Waals surface area contributed by atoms with Crippen molar-refractivity contribution in [2.45, 2.75) is 51.0 Å². The lowest BCUT2D eigenvalue weighted by Gasteiger charge is -2.31. The van der Waals surface area contributed by atoms with E-state index >= 15 is 0 Å². The Morgan fingerprint density at radius 1 is 1.46 bits per heavy atom. The maximum Gasteiger partial charge on any atom is 0.243 e. The summed E-state index contributed by atoms with van der Waals surface area (Å²) in [7, 11) is -3.63. The van der Waals surface area contributed by atoms with Crippen molar-refractivity contribution in [3.8, 4) is 0 Å². The number of carbonyl (C=O) groups is 1. The summed E-state index contributed by atoms with van der Waals surface area (Å²) < 4.78 is 27.1. The highest BCUT2D eigenvalue weighted by molar-refractivity contribution is 7.89. The van der Waals surface area contributed by atoms with Crippen molar-refractivity contribution < 1.29 is 13.2 Å². The van der Waals surface area contributed by atoms with E-state index < -0.39 is 10.0 Å². The molecule has 7 heteroatoms. The molecule has 0 aliphatic carbocycles. The average molecular weight is 373 g/mol. The van der Waals surface area contributed by atoms with Crippen LogP contribution >= 0.6 is 11.6 Å². The first-order valence-electron chi connectivity index (χ1n) is 8.32. The summed E-state index contributed by atoms with van der Waals surface area (Å²) in [4.78, 5) is 12.5. The molecule has 0 radical (unpaired) electrons. The third kappa shape index (κ3) is 4.29. The van der Waals surface area contributed by atoms with Crippen LogP contribution in [0.15, 0.2) is 23.1 Å². The van der Waals surface area contributed by atoms with Crippen LogP contribution in [-0.4, -0.2) is 37.8 Å². The minimum Gasteiger partial charge on any atom is -0.353 e. The molecule has 0 saturated carbocycles. The summed E-state index contributed by atoms with van der Waals surface area (Å²) in [6.45, 7) is 6.43. The fourth-order valence-corrected chi connectivity index (χ4v) is 4.52. The van der Waals surface area contributed by atoms with Crippen LogP contribution in [0.3, 0.4) is 0 Å². The van der Waals surface area contributed by atoms with Gasteiger partial charge in [-0.1, -0.05) is 24.6 Å². The van der Waals surface area contributed by atoms with E-state index in [0.717, 1.165) is 12.0 Å². The van der Waals surface area contributed by atoms with Crippen molar-refractivity contribution in [3.05, 3.63) is 28.8 Å². The maximum absolute atomic E-state index is 12.8. The molecule has 2 atom stereocenters. The minimum absolute atomic E-state index is 0.0637. The monoisotopic (exact) mass is 372 g/mol. The van der Waals surface area contributed by atoms with Crippen molar-refractivity contribution in [1.29, 1.82) is 0 Å². The lowest BCUT2D eigenvalue weighted by atomic mass is 9.98. The number of sulfonamides is 1. The normalized spacial score (nSPS) is 20.6. The fourth-order valence-electron chi connectivity index (χ4n) is 2.72. The van der Waals surface area contributed by atoms with Gasteiger partial charge in [0, 0.05) is 24.2 Å². The van der Waals surface area contributed by atoms with E-state index in [0.29, 0.717) is 24.4 Å². The van der Waals surface area contributed by atoms with Gasteiger partial charge in [0.1, 0.15) is 0 Å². The number of carbonyl (C=O) groups excluding carboxylic acids is 1. The molecule has 5 nitrogen and oxygen atoms in total. The van der Waals surface area contributed by atoms with Crippen molar-refractivity contribution in [2.75, 3.05) is 13.1 Å². The molecule has 1 aliphatic heterocycles. The third-order valence-corrected chi connectivity index (χ3v) is 6.81. The van der Waals surface area contributed by atoms with Gasteiger partial charge in [-0.2, -0.15) is 4.31 Å². The number of benzene rings is 1. The summed E-state index contributed by atoms with van der Waals surface area (Å²) in [5, 5.41) is 3.38. The zero-order valence-electron chi connectivity index (χ0n) is 14.4. The number of aryl methyl sites for hydroxylation is 1. The molecule has 2 rings (SSSR count). The first-order chi connectivity index (χ1) is 11.3. The van der Waals surface area contributed by atoms with Gasteiger partial charge in [0.25, 0.3) is 0 Å². The second kappa shape index (κ2) is 7.85. The van der Waals surface area contributed by atoms with Gasteiger partial charge >= 0.3 is 0 Å². The second-order valence-corrected chi connectivity index (χ2v) is 8.78. The van der Waals surface area contributed by atoms with Gasteiger partial charge in [-0.05, 0) is 50.8 Å². The smallest absolute Gasteiger partial charge is 0.243 e. The second-order valence-electron chi connectivity index (χ2n) is 6.43. The van der Waals surface area contributed by atoms with E-state index in [-0.39, 0.29) is 29.3 Å². The van der Waals surface area contributed by atoms with Crippen LogP contribution in [0.2, 0.25) is 5.02 Å². The van der Waals surface area contributed by atoms with E-state index in [1.54, 1.807) is 12.1 Å². The van der Waals surface area contributed by atoms with Crippen molar-refractivity contribution in [2.24, 2.45) is 5.92 Å². The van der Waals surface area contributed by atoms with Crippen LogP contribution < -0.4 is 5.32 Å². The molecule has 1 N–H and O–H groups in total. The van der Waals surface area contributed by atoms with Gasteiger partial charge in [0.2, 0.25) is 15.9 Å². The predicted octanol–water partition coefficient (Wildman–Crippen LogP) is 2.96. The van der Waals surface area contributed by atoms with Crippen LogP contribution in [-0.2, 0) is 14.8 Å². The molecule has 1 saturated heterocycles. The number of hydrogen-bond acceptors (Lipinski definition) is 3. The molecular formula is C17H25ClN2O3S. The Balaban J connectivity index is 2.15. The van der Waals surface area contributed by atoms with Crippen molar-refractivity contribution in [3.63, 3.8) is 0 Å². The highest BCUT2D eigenvalue weighted by Crippen LogP contribution is 2.26. The number of nitrogens with one attached hydrogen (secondary N) is 1. The van der Waals surface area contributed by atoms with E-state index in [1.165, 1.54) is 10.4 Å². The van der Waals surface area contributed by atoms with Crippen LogP contribution in [0.25, 0.3) is 0 Å². The topological polar surface area (TPSA) is 66.5 Å². The van der Waals surface area contributed by atoms with E-state index in [2.05, 4.69) is 5.32 Å². The Labute approximate surface area is 149 Å².